The maximum absolute atomic E-state index is 8.85. The second-order valence-corrected chi connectivity index (χ2v) is 4.02. The number of nitriles is 1. The van der Waals surface area contributed by atoms with Crippen LogP contribution in [0.3, 0.4) is 0 Å². The summed E-state index contributed by atoms with van der Waals surface area (Å²) >= 11 is 0. The summed E-state index contributed by atoms with van der Waals surface area (Å²) < 4.78 is 0. The van der Waals surface area contributed by atoms with Gasteiger partial charge in [0.15, 0.2) is 0 Å². The zero-order chi connectivity index (χ0) is 12.1. The number of hydrogen-bond acceptors (Lipinski definition) is 5. The zero-order valence-electron chi connectivity index (χ0n) is 9.89. The monoisotopic (exact) mass is 232 g/mol. The topological polar surface area (TPSA) is 61.2 Å². The van der Waals surface area contributed by atoms with Crippen LogP contribution in [0, 0.1) is 11.3 Å². The molecule has 0 saturated carbocycles. The second-order valence-electron chi connectivity index (χ2n) is 4.02. The number of anilines is 1. The molecular formula is C12H16N4O. The van der Waals surface area contributed by atoms with E-state index in [4.69, 9.17) is 10.1 Å². The number of hydrogen-bond donors (Lipinski definition) is 1. The smallest absolute Gasteiger partial charge is 0.129 e. The first-order valence-electron chi connectivity index (χ1n) is 5.77. The van der Waals surface area contributed by atoms with Crippen molar-refractivity contribution in [2.45, 2.75) is 18.9 Å². The Hall–Kier alpha value is -1.64. The number of piperidine rings is 1. The zero-order valence-corrected chi connectivity index (χ0v) is 9.89. The van der Waals surface area contributed by atoms with Crippen LogP contribution in [0.25, 0.3) is 0 Å². The van der Waals surface area contributed by atoms with E-state index in [0.717, 1.165) is 31.7 Å². The molecule has 0 atom stereocenters. The van der Waals surface area contributed by atoms with Crippen molar-refractivity contribution >= 4 is 5.82 Å². The van der Waals surface area contributed by atoms with E-state index in [0.29, 0.717) is 5.56 Å². The average molecular weight is 232 g/mol. The maximum Gasteiger partial charge on any atom is 0.129 e. The minimum absolute atomic E-state index is 0.274. The lowest BCUT2D eigenvalue weighted by molar-refractivity contribution is -0.0237. The molecule has 17 heavy (non-hydrogen) atoms. The third-order valence-electron chi connectivity index (χ3n) is 2.93. The largest absolute Gasteiger partial charge is 0.356 e. The molecule has 1 aromatic heterocycles. The first kappa shape index (κ1) is 11.8. The van der Waals surface area contributed by atoms with Crippen molar-refractivity contribution in [2.75, 3.05) is 25.0 Å². The van der Waals surface area contributed by atoms with Gasteiger partial charge in [0.25, 0.3) is 0 Å². The van der Waals surface area contributed by atoms with Gasteiger partial charge in [-0.1, -0.05) is 0 Å². The summed E-state index contributed by atoms with van der Waals surface area (Å²) in [5, 5.41) is 8.85. The van der Waals surface area contributed by atoms with E-state index in [2.05, 4.69) is 21.4 Å². The van der Waals surface area contributed by atoms with Gasteiger partial charge < -0.3 is 4.90 Å². The van der Waals surface area contributed by atoms with Crippen molar-refractivity contribution in [3.63, 3.8) is 0 Å². The molecule has 5 nitrogen and oxygen atoms in total. The van der Waals surface area contributed by atoms with Crippen LogP contribution in [-0.4, -0.2) is 31.2 Å². The van der Waals surface area contributed by atoms with Crippen LogP contribution in [0.5, 0.6) is 0 Å². The predicted molar refractivity (Wildman–Crippen MR) is 64.3 cm³/mol. The minimum Gasteiger partial charge on any atom is -0.356 e. The van der Waals surface area contributed by atoms with Crippen LogP contribution in [0.1, 0.15) is 18.4 Å². The van der Waals surface area contributed by atoms with Gasteiger partial charge in [-0.05, 0) is 25.0 Å². The number of nitrogens with one attached hydrogen (secondary N) is 1. The third-order valence-corrected chi connectivity index (χ3v) is 2.93. The highest BCUT2D eigenvalue weighted by Crippen LogP contribution is 2.19. The van der Waals surface area contributed by atoms with Crippen molar-refractivity contribution in [2.24, 2.45) is 0 Å². The van der Waals surface area contributed by atoms with Gasteiger partial charge in [0, 0.05) is 26.3 Å². The summed E-state index contributed by atoms with van der Waals surface area (Å²) in [6.07, 6.45) is 3.90. The van der Waals surface area contributed by atoms with Gasteiger partial charge in [-0.25, -0.2) is 10.5 Å². The molecular weight excluding hydrogens is 216 g/mol. The Labute approximate surface area is 101 Å². The molecule has 0 spiro atoms. The lowest BCUT2D eigenvalue weighted by atomic mass is 10.1. The SMILES string of the molecule is CNOC1CCN(c2cc(C#N)ccn2)CC1. The van der Waals surface area contributed by atoms with E-state index in [9.17, 15) is 0 Å². The minimum atomic E-state index is 0.274. The van der Waals surface area contributed by atoms with E-state index in [1.807, 2.05) is 6.07 Å². The van der Waals surface area contributed by atoms with Gasteiger partial charge in [0.2, 0.25) is 0 Å². The fourth-order valence-corrected chi connectivity index (χ4v) is 2.03. The van der Waals surface area contributed by atoms with Crippen molar-refractivity contribution in [1.82, 2.24) is 10.5 Å². The Bertz CT molecular complexity index is 407. The molecule has 0 radical (unpaired) electrons. The highest BCUT2D eigenvalue weighted by atomic mass is 16.7. The third kappa shape index (κ3) is 2.93. The Morgan fingerprint density at radius 1 is 1.53 bits per heavy atom. The summed E-state index contributed by atoms with van der Waals surface area (Å²) in [6, 6.07) is 5.69. The van der Waals surface area contributed by atoms with Crippen LogP contribution in [0.2, 0.25) is 0 Å². The van der Waals surface area contributed by atoms with Crippen molar-refractivity contribution in [1.29, 1.82) is 5.26 Å². The summed E-state index contributed by atoms with van der Waals surface area (Å²) in [6.45, 7) is 1.82. The molecule has 0 aromatic carbocycles. The Balaban J connectivity index is 1.98. The molecule has 90 valence electrons. The second kappa shape index (κ2) is 5.62. The highest BCUT2D eigenvalue weighted by molar-refractivity contribution is 5.45. The van der Waals surface area contributed by atoms with Gasteiger partial charge in [-0.3, -0.25) is 4.84 Å². The van der Waals surface area contributed by atoms with Gasteiger partial charge in [-0.2, -0.15) is 5.26 Å². The number of nitrogens with zero attached hydrogens (tertiary/aromatic N) is 3. The average Bonchev–Trinajstić information content (AvgIpc) is 2.40. The van der Waals surface area contributed by atoms with Gasteiger partial charge >= 0.3 is 0 Å². The predicted octanol–water partition coefficient (Wildman–Crippen LogP) is 1.07. The standard InChI is InChI=1S/C12H16N4O/c1-14-17-11-3-6-16(7-4-11)12-8-10(9-13)2-5-15-12/h2,5,8,11,14H,3-4,6-7H2,1H3. The molecule has 5 heteroatoms. The number of hydroxylamine groups is 1. The van der Waals surface area contributed by atoms with E-state index in [-0.39, 0.29) is 6.10 Å². The molecule has 0 unspecified atom stereocenters. The molecule has 1 fully saturated rings. The van der Waals surface area contributed by atoms with Crippen LogP contribution in [0.15, 0.2) is 18.3 Å². The van der Waals surface area contributed by atoms with Crippen LogP contribution in [-0.2, 0) is 4.84 Å². The van der Waals surface area contributed by atoms with Crippen molar-refractivity contribution in [3.8, 4) is 6.07 Å². The first-order valence-corrected chi connectivity index (χ1v) is 5.77. The van der Waals surface area contributed by atoms with Crippen LogP contribution >= 0.6 is 0 Å². The fraction of sp³-hybridized carbons (Fsp3) is 0.500. The molecule has 1 saturated heterocycles. The molecule has 1 aliphatic rings. The molecule has 0 aliphatic carbocycles. The Morgan fingerprint density at radius 2 is 2.29 bits per heavy atom. The van der Waals surface area contributed by atoms with Crippen molar-refractivity contribution < 1.29 is 4.84 Å². The lowest BCUT2D eigenvalue weighted by Gasteiger charge is -2.32. The Morgan fingerprint density at radius 3 is 2.94 bits per heavy atom. The molecule has 1 N–H and O–H groups in total. The maximum atomic E-state index is 8.85. The van der Waals surface area contributed by atoms with E-state index in [1.165, 1.54) is 0 Å². The van der Waals surface area contributed by atoms with E-state index < -0.39 is 0 Å². The number of aromatic nitrogens is 1. The lowest BCUT2D eigenvalue weighted by Crippen LogP contribution is -2.39. The quantitative estimate of drug-likeness (QED) is 0.790. The van der Waals surface area contributed by atoms with E-state index >= 15 is 0 Å². The molecule has 1 aromatic rings. The first-order chi connectivity index (χ1) is 8.33. The number of rotatable bonds is 3. The summed E-state index contributed by atoms with van der Waals surface area (Å²) in [5.41, 5.74) is 3.39. The molecule has 1 aliphatic heterocycles. The van der Waals surface area contributed by atoms with Gasteiger partial charge in [0.05, 0.1) is 17.7 Å². The van der Waals surface area contributed by atoms with E-state index in [1.54, 1.807) is 19.3 Å². The summed E-state index contributed by atoms with van der Waals surface area (Å²) in [4.78, 5) is 11.9. The van der Waals surface area contributed by atoms with Gasteiger partial charge in [0.1, 0.15) is 5.82 Å². The van der Waals surface area contributed by atoms with Crippen LogP contribution in [0.4, 0.5) is 5.82 Å². The highest BCUT2D eigenvalue weighted by Gasteiger charge is 2.20. The molecule has 2 rings (SSSR count). The normalized spacial score (nSPS) is 16.8. The van der Waals surface area contributed by atoms with Gasteiger partial charge in [-0.15, -0.1) is 0 Å². The summed E-state index contributed by atoms with van der Waals surface area (Å²) in [7, 11) is 1.78. The molecule has 0 bridgehead atoms. The fourth-order valence-electron chi connectivity index (χ4n) is 2.03. The molecule has 0 amide bonds. The summed E-state index contributed by atoms with van der Waals surface area (Å²) in [5.74, 6) is 0.881. The van der Waals surface area contributed by atoms with Crippen molar-refractivity contribution in [3.05, 3.63) is 23.9 Å². The number of pyridine rings is 1. The Kier molecular flexibility index (Phi) is 3.91. The van der Waals surface area contributed by atoms with Crippen LogP contribution < -0.4 is 10.4 Å². The molecule has 2 heterocycles.